The Bertz CT molecular complexity index is 2200. The number of pyridine rings is 2. The number of nitrogens with zero attached hydrogens (tertiary/aromatic N) is 3. The average Bonchev–Trinajstić information content (AvgIpc) is 3.57. The number of halogens is 1. The minimum Gasteiger partial charge on any atom is -0.454 e. The maximum Gasteiger partial charge on any atom is 0.160 e. The van der Waals surface area contributed by atoms with Gasteiger partial charge >= 0.3 is 0 Å². The molecule has 4 nitrogen and oxygen atoms in total. The Kier molecular flexibility index (Phi) is 5.04. The summed E-state index contributed by atoms with van der Waals surface area (Å²) in [4.78, 5) is 9.18. The highest BCUT2D eigenvalue weighted by molar-refractivity contribution is 6.20. The van der Waals surface area contributed by atoms with Crippen molar-refractivity contribution in [3.05, 3.63) is 139 Å². The van der Waals surface area contributed by atoms with Crippen LogP contribution >= 0.6 is 0 Å². The second-order valence-electron chi connectivity index (χ2n) is 9.94. The zero-order valence-corrected chi connectivity index (χ0v) is 21.3. The topological polar surface area (TPSA) is 43.9 Å². The Hall–Kier alpha value is -5.29. The Labute approximate surface area is 229 Å². The van der Waals surface area contributed by atoms with E-state index in [4.69, 9.17) is 9.40 Å². The quantitative estimate of drug-likeness (QED) is 0.233. The van der Waals surface area contributed by atoms with Crippen LogP contribution in [0.4, 0.5) is 4.39 Å². The molecule has 0 amide bonds. The maximum atomic E-state index is 16.1. The Morgan fingerprint density at radius 1 is 0.625 bits per heavy atom. The summed E-state index contributed by atoms with van der Waals surface area (Å²) in [5.74, 6) is 0. The van der Waals surface area contributed by atoms with Gasteiger partial charge in [0.15, 0.2) is 11.8 Å². The predicted molar refractivity (Wildman–Crippen MR) is 158 cm³/mol. The molecule has 5 heteroatoms. The monoisotopic (exact) mass is 519 g/mol. The fourth-order valence-corrected chi connectivity index (χ4v) is 5.76. The van der Waals surface area contributed by atoms with Gasteiger partial charge in [-0.2, -0.15) is 0 Å². The first-order valence-electron chi connectivity index (χ1n) is 13.2. The van der Waals surface area contributed by atoms with E-state index in [2.05, 4.69) is 33.8 Å². The first kappa shape index (κ1) is 22.7. The van der Waals surface area contributed by atoms with Crippen LogP contribution in [0.25, 0.3) is 60.8 Å². The lowest BCUT2D eigenvalue weighted by Crippen LogP contribution is -2.00. The number of aromatic nitrogens is 3. The summed E-state index contributed by atoms with van der Waals surface area (Å²) in [6.07, 6.45) is 2.23. The third kappa shape index (κ3) is 3.45. The molecule has 0 aliphatic heterocycles. The van der Waals surface area contributed by atoms with Crippen LogP contribution in [0.3, 0.4) is 0 Å². The number of fused-ring (bicyclic) bond motifs is 7. The Morgan fingerprint density at radius 3 is 2.30 bits per heavy atom. The molecule has 0 bridgehead atoms. The molecular formula is C35H22FN3O. The molecule has 1 atom stereocenters. The van der Waals surface area contributed by atoms with E-state index in [0.717, 1.165) is 60.8 Å². The highest BCUT2D eigenvalue weighted by Crippen LogP contribution is 2.40. The van der Waals surface area contributed by atoms with E-state index in [0.29, 0.717) is 11.1 Å². The molecule has 0 aliphatic carbocycles. The van der Waals surface area contributed by atoms with Crippen LogP contribution in [0.2, 0.25) is 0 Å². The van der Waals surface area contributed by atoms with Crippen molar-refractivity contribution in [1.29, 1.82) is 0 Å². The van der Waals surface area contributed by atoms with Gasteiger partial charge in [0.25, 0.3) is 0 Å². The standard InChI is InChI=1S/C35H22FN3O/c36-32(23-9-5-8-22(20-23)30-14-3-4-18-37-30)24-10-6-11-25(21-24)39-33-27(29-13-7-19-38-35(29)39)16-17-28-26-12-1-2-15-31(26)40-34(28)33/h1-21,32H. The van der Waals surface area contributed by atoms with Gasteiger partial charge in [-0.25, -0.2) is 9.37 Å². The molecule has 0 fully saturated rings. The lowest BCUT2D eigenvalue weighted by Gasteiger charge is -2.14. The van der Waals surface area contributed by atoms with Gasteiger partial charge < -0.3 is 4.42 Å². The molecule has 0 saturated carbocycles. The van der Waals surface area contributed by atoms with Gasteiger partial charge in [0.1, 0.15) is 11.2 Å². The number of benzene rings is 4. The summed E-state index contributed by atoms with van der Waals surface area (Å²) in [6, 6.07) is 37.2. The minimum atomic E-state index is -1.31. The molecule has 4 aromatic carbocycles. The summed E-state index contributed by atoms with van der Waals surface area (Å²) in [6.45, 7) is 0. The highest BCUT2D eigenvalue weighted by atomic mass is 19.1. The van der Waals surface area contributed by atoms with E-state index in [1.165, 1.54) is 0 Å². The molecule has 0 aliphatic rings. The second-order valence-corrected chi connectivity index (χ2v) is 9.94. The van der Waals surface area contributed by atoms with Gasteiger partial charge in [0.05, 0.1) is 11.2 Å². The summed E-state index contributed by atoms with van der Waals surface area (Å²) in [7, 11) is 0. The molecule has 0 radical (unpaired) electrons. The molecule has 0 spiro atoms. The predicted octanol–water partition coefficient (Wildman–Crippen LogP) is 9.20. The summed E-state index contributed by atoms with van der Waals surface area (Å²) >= 11 is 0. The van der Waals surface area contributed by atoms with Gasteiger partial charge in [-0.15, -0.1) is 0 Å². The van der Waals surface area contributed by atoms with Crippen molar-refractivity contribution in [2.24, 2.45) is 0 Å². The second kappa shape index (κ2) is 8.89. The first-order chi connectivity index (χ1) is 19.8. The SMILES string of the molecule is FC(c1cccc(-c2ccccn2)c1)c1cccc(-n2c3ncccc3c3ccc4c5ccccc5oc4c32)c1. The fraction of sp³-hybridized carbons (Fsp3) is 0.0286. The van der Waals surface area contributed by atoms with E-state index >= 15 is 4.39 Å². The van der Waals surface area contributed by atoms with Crippen molar-refractivity contribution in [2.75, 3.05) is 0 Å². The van der Waals surface area contributed by atoms with Crippen molar-refractivity contribution < 1.29 is 8.81 Å². The van der Waals surface area contributed by atoms with Crippen molar-refractivity contribution in [3.63, 3.8) is 0 Å². The third-order valence-electron chi connectivity index (χ3n) is 7.59. The molecule has 40 heavy (non-hydrogen) atoms. The third-order valence-corrected chi connectivity index (χ3v) is 7.59. The average molecular weight is 520 g/mol. The molecule has 190 valence electrons. The minimum absolute atomic E-state index is 0.568. The van der Waals surface area contributed by atoms with E-state index in [-0.39, 0.29) is 0 Å². The highest BCUT2D eigenvalue weighted by Gasteiger charge is 2.21. The van der Waals surface area contributed by atoms with Crippen molar-refractivity contribution in [2.45, 2.75) is 6.17 Å². The molecule has 4 aromatic heterocycles. The van der Waals surface area contributed by atoms with Crippen molar-refractivity contribution >= 4 is 43.9 Å². The number of hydrogen-bond acceptors (Lipinski definition) is 3. The summed E-state index contributed by atoms with van der Waals surface area (Å²) in [5.41, 5.74) is 7.03. The van der Waals surface area contributed by atoms with Crippen LogP contribution in [0.15, 0.2) is 132 Å². The van der Waals surface area contributed by atoms with Crippen LogP contribution in [0.1, 0.15) is 17.3 Å². The molecular weight excluding hydrogens is 497 g/mol. The van der Waals surface area contributed by atoms with Gasteiger partial charge in [0.2, 0.25) is 0 Å². The van der Waals surface area contributed by atoms with Gasteiger partial charge in [-0.1, -0.05) is 60.7 Å². The lowest BCUT2D eigenvalue weighted by atomic mass is 9.99. The number of rotatable bonds is 4. The normalized spacial score (nSPS) is 12.5. The van der Waals surface area contributed by atoms with E-state index in [1.807, 2.05) is 91.0 Å². The van der Waals surface area contributed by atoms with Crippen LogP contribution in [-0.2, 0) is 0 Å². The summed E-state index contributed by atoms with van der Waals surface area (Å²) in [5, 5.41) is 4.16. The van der Waals surface area contributed by atoms with E-state index in [1.54, 1.807) is 12.4 Å². The van der Waals surface area contributed by atoms with Crippen LogP contribution in [0.5, 0.6) is 0 Å². The number of hydrogen-bond donors (Lipinski definition) is 0. The van der Waals surface area contributed by atoms with E-state index < -0.39 is 6.17 Å². The molecule has 4 heterocycles. The van der Waals surface area contributed by atoms with Crippen LogP contribution < -0.4 is 0 Å². The Balaban J connectivity index is 1.32. The number of para-hydroxylation sites is 1. The van der Waals surface area contributed by atoms with Gasteiger partial charge in [0, 0.05) is 45.2 Å². The molecule has 0 saturated heterocycles. The largest absolute Gasteiger partial charge is 0.454 e. The van der Waals surface area contributed by atoms with Crippen LogP contribution in [0, 0.1) is 0 Å². The van der Waals surface area contributed by atoms with Gasteiger partial charge in [-0.3, -0.25) is 9.55 Å². The molecule has 0 N–H and O–H groups in total. The number of furan rings is 1. The van der Waals surface area contributed by atoms with Crippen LogP contribution in [-0.4, -0.2) is 14.5 Å². The molecule has 8 rings (SSSR count). The lowest BCUT2D eigenvalue weighted by molar-refractivity contribution is 0.402. The maximum absolute atomic E-state index is 16.1. The number of alkyl halides is 1. The fourth-order valence-electron chi connectivity index (χ4n) is 5.76. The summed E-state index contributed by atoms with van der Waals surface area (Å²) < 4.78 is 24.7. The van der Waals surface area contributed by atoms with Gasteiger partial charge in [-0.05, 0) is 65.7 Å². The molecule has 1 unspecified atom stereocenters. The molecule has 8 aromatic rings. The zero-order valence-electron chi connectivity index (χ0n) is 21.3. The first-order valence-corrected chi connectivity index (χ1v) is 13.2. The Morgan fingerprint density at radius 2 is 1.40 bits per heavy atom. The zero-order chi connectivity index (χ0) is 26.6. The van der Waals surface area contributed by atoms with Crippen molar-refractivity contribution in [1.82, 2.24) is 14.5 Å². The smallest absolute Gasteiger partial charge is 0.160 e. The van der Waals surface area contributed by atoms with Crippen molar-refractivity contribution in [3.8, 4) is 16.9 Å². The van der Waals surface area contributed by atoms with E-state index in [9.17, 15) is 0 Å².